The van der Waals surface area contributed by atoms with E-state index >= 15 is 0 Å². The van der Waals surface area contributed by atoms with Gasteiger partial charge in [-0.3, -0.25) is 9.78 Å². The monoisotopic (exact) mass is 286 g/mol. The summed E-state index contributed by atoms with van der Waals surface area (Å²) < 4.78 is 5.22. The predicted molar refractivity (Wildman–Crippen MR) is 77.4 cm³/mol. The topological polar surface area (TPSA) is 94.0 Å². The highest BCUT2D eigenvalue weighted by Gasteiger charge is 2.25. The number of hydrogen-bond donors (Lipinski definition) is 2. The minimum atomic E-state index is -0.235. The highest BCUT2D eigenvalue weighted by molar-refractivity contribution is 5.93. The van der Waals surface area contributed by atoms with Crippen molar-refractivity contribution in [1.29, 1.82) is 0 Å². The van der Waals surface area contributed by atoms with Gasteiger partial charge >= 0.3 is 0 Å². The molecule has 0 unspecified atom stereocenters. The van der Waals surface area contributed by atoms with E-state index in [-0.39, 0.29) is 23.7 Å². The van der Waals surface area contributed by atoms with E-state index in [2.05, 4.69) is 15.5 Å². The van der Waals surface area contributed by atoms with Crippen molar-refractivity contribution in [2.75, 3.05) is 0 Å². The maximum absolute atomic E-state index is 12.2. The Labute approximate surface area is 122 Å². The van der Waals surface area contributed by atoms with Gasteiger partial charge in [0.15, 0.2) is 11.5 Å². The van der Waals surface area contributed by atoms with Gasteiger partial charge in [-0.1, -0.05) is 18.0 Å². The van der Waals surface area contributed by atoms with Crippen LogP contribution >= 0.6 is 0 Å². The van der Waals surface area contributed by atoms with Gasteiger partial charge in [0.1, 0.15) is 0 Å². The molecule has 21 heavy (non-hydrogen) atoms. The number of nitrogens with zero attached hydrogens (tertiary/aromatic N) is 2. The summed E-state index contributed by atoms with van der Waals surface area (Å²) in [7, 11) is 0. The number of carbonyl (C=O) groups excluding carboxylic acids is 1. The van der Waals surface area contributed by atoms with Gasteiger partial charge in [0.25, 0.3) is 5.91 Å². The summed E-state index contributed by atoms with van der Waals surface area (Å²) in [6.07, 6.45) is 7.43. The Morgan fingerprint density at radius 2 is 2.05 bits per heavy atom. The second kappa shape index (κ2) is 6.05. The second-order valence-corrected chi connectivity index (χ2v) is 5.34. The zero-order valence-corrected chi connectivity index (χ0v) is 11.7. The molecule has 3 rings (SSSR count). The van der Waals surface area contributed by atoms with E-state index in [0.29, 0.717) is 5.76 Å². The van der Waals surface area contributed by atoms with Crippen LogP contribution in [0, 0.1) is 0 Å². The normalized spacial score (nSPS) is 22.0. The first-order chi connectivity index (χ1) is 10.2. The summed E-state index contributed by atoms with van der Waals surface area (Å²) in [5.74, 6) is 0.317. The standard InChI is InChI=1S/C15H18N4O2/c16-11-3-1-2-4-12(11)18-15(20)13-9-14(21-19-13)10-5-7-17-8-6-10/h5-9,11-12H,1-4,16H2,(H,18,20)/t11-,12-/m1/s1. The van der Waals surface area contributed by atoms with Gasteiger partial charge in [-0.15, -0.1) is 0 Å². The maximum atomic E-state index is 12.2. The van der Waals surface area contributed by atoms with E-state index in [4.69, 9.17) is 10.3 Å². The molecule has 3 N–H and O–H groups in total. The van der Waals surface area contributed by atoms with Gasteiger partial charge in [-0.05, 0) is 25.0 Å². The molecule has 2 atom stereocenters. The fraction of sp³-hybridized carbons (Fsp3) is 0.400. The molecule has 0 bridgehead atoms. The van der Waals surface area contributed by atoms with Crippen LogP contribution in [-0.2, 0) is 0 Å². The third-order valence-corrected chi connectivity index (χ3v) is 3.84. The lowest BCUT2D eigenvalue weighted by molar-refractivity contribution is 0.0912. The average molecular weight is 286 g/mol. The molecule has 0 saturated heterocycles. The van der Waals surface area contributed by atoms with Crippen LogP contribution in [0.5, 0.6) is 0 Å². The Hall–Kier alpha value is -2.21. The third kappa shape index (κ3) is 3.11. The van der Waals surface area contributed by atoms with Gasteiger partial charge in [-0.25, -0.2) is 0 Å². The van der Waals surface area contributed by atoms with Gasteiger partial charge < -0.3 is 15.6 Å². The molecule has 1 amide bonds. The van der Waals surface area contributed by atoms with E-state index in [1.165, 1.54) is 0 Å². The molecule has 1 aliphatic rings. The predicted octanol–water partition coefficient (Wildman–Crippen LogP) is 1.74. The molecule has 2 aromatic rings. The van der Waals surface area contributed by atoms with Crippen LogP contribution in [0.3, 0.4) is 0 Å². The van der Waals surface area contributed by atoms with Gasteiger partial charge in [-0.2, -0.15) is 0 Å². The largest absolute Gasteiger partial charge is 0.355 e. The number of aromatic nitrogens is 2. The Morgan fingerprint density at radius 1 is 1.29 bits per heavy atom. The molecule has 110 valence electrons. The molecule has 2 aromatic heterocycles. The lowest BCUT2D eigenvalue weighted by Gasteiger charge is -2.28. The molecule has 0 spiro atoms. The number of carbonyl (C=O) groups is 1. The first kappa shape index (κ1) is 13.8. The fourth-order valence-electron chi connectivity index (χ4n) is 2.62. The van der Waals surface area contributed by atoms with Gasteiger partial charge in [0.05, 0.1) is 0 Å². The fourth-order valence-corrected chi connectivity index (χ4v) is 2.62. The van der Waals surface area contributed by atoms with Crippen molar-refractivity contribution in [3.05, 3.63) is 36.3 Å². The average Bonchev–Trinajstić information content (AvgIpc) is 3.00. The quantitative estimate of drug-likeness (QED) is 0.896. The van der Waals surface area contributed by atoms with Crippen molar-refractivity contribution < 1.29 is 9.32 Å². The van der Waals surface area contributed by atoms with E-state index in [1.54, 1.807) is 30.6 Å². The molecular formula is C15H18N4O2. The number of nitrogens with one attached hydrogen (secondary N) is 1. The highest BCUT2D eigenvalue weighted by Crippen LogP contribution is 2.20. The summed E-state index contributed by atoms with van der Waals surface area (Å²) in [5.41, 5.74) is 7.15. The van der Waals surface area contributed by atoms with E-state index in [1.807, 2.05) is 0 Å². The molecule has 0 radical (unpaired) electrons. The number of nitrogens with two attached hydrogens (primary N) is 1. The van der Waals surface area contributed by atoms with Crippen LogP contribution in [-0.4, -0.2) is 28.1 Å². The summed E-state index contributed by atoms with van der Waals surface area (Å²) in [5, 5.41) is 6.79. The van der Waals surface area contributed by atoms with Crippen molar-refractivity contribution in [3.63, 3.8) is 0 Å². The molecule has 1 fully saturated rings. The summed E-state index contributed by atoms with van der Waals surface area (Å²) in [6.45, 7) is 0. The van der Waals surface area contributed by atoms with Crippen LogP contribution in [0.4, 0.5) is 0 Å². The van der Waals surface area contributed by atoms with Crippen molar-refractivity contribution in [3.8, 4) is 11.3 Å². The Bertz CT molecular complexity index is 611. The Balaban J connectivity index is 1.69. The molecule has 1 aliphatic carbocycles. The molecule has 0 aromatic carbocycles. The number of rotatable bonds is 3. The number of hydrogen-bond acceptors (Lipinski definition) is 5. The molecule has 6 heteroatoms. The first-order valence-electron chi connectivity index (χ1n) is 7.17. The van der Waals surface area contributed by atoms with Crippen molar-refractivity contribution >= 4 is 5.91 Å². The lowest BCUT2D eigenvalue weighted by Crippen LogP contribution is -2.49. The third-order valence-electron chi connectivity index (χ3n) is 3.84. The Kier molecular flexibility index (Phi) is 3.96. The number of amides is 1. The minimum Gasteiger partial charge on any atom is -0.355 e. The van der Waals surface area contributed by atoms with Gasteiger partial charge in [0.2, 0.25) is 0 Å². The van der Waals surface area contributed by atoms with Crippen LogP contribution in [0.1, 0.15) is 36.2 Å². The molecular weight excluding hydrogens is 268 g/mol. The molecule has 0 aliphatic heterocycles. The molecule has 2 heterocycles. The van der Waals surface area contributed by atoms with E-state index in [9.17, 15) is 4.79 Å². The van der Waals surface area contributed by atoms with Crippen molar-refractivity contribution in [2.45, 2.75) is 37.8 Å². The van der Waals surface area contributed by atoms with Crippen LogP contribution in [0.2, 0.25) is 0 Å². The number of pyridine rings is 1. The van der Waals surface area contributed by atoms with Crippen molar-refractivity contribution in [2.24, 2.45) is 5.73 Å². The summed E-state index contributed by atoms with van der Waals surface area (Å²) in [4.78, 5) is 16.1. The zero-order valence-electron chi connectivity index (χ0n) is 11.7. The van der Waals surface area contributed by atoms with Crippen LogP contribution < -0.4 is 11.1 Å². The van der Waals surface area contributed by atoms with Crippen LogP contribution in [0.25, 0.3) is 11.3 Å². The van der Waals surface area contributed by atoms with E-state index < -0.39 is 0 Å². The SMILES string of the molecule is N[C@@H]1CCCC[C@H]1NC(=O)c1cc(-c2ccncc2)on1. The molecule has 6 nitrogen and oxygen atoms in total. The highest BCUT2D eigenvalue weighted by atomic mass is 16.5. The van der Waals surface area contributed by atoms with Crippen molar-refractivity contribution in [1.82, 2.24) is 15.5 Å². The maximum Gasteiger partial charge on any atom is 0.273 e. The molecule has 1 saturated carbocycles. The summed E-state index contributed by atoms with van der Waals surface area (Å²) >= 11 is 0. The van der Waals surface area contributed by atoms with Gasteiger partial charge in [0, 0.05) is 36.1 Å². The van der Waals surface area contributed by atoms with Crippen LogP contribution in [0.15, 0.2) is 35.1 Å². The summed E-state index contributed by atoms with van der Waals surface area (Å²) in [6, 6.07) is 5.29. The second-order valence-electron chi connectivity index (χ2n) is 5.34. The zero-order chi connectivity index (χ0) is 14.7. The Morgan fingerprint density at radius 3 is 2.81 bits per heavy atom. The van der Waals surface area contributed by atoms with E-state index in [0.717, 1.165) is 31.2 Å². The smallest absolute Gasteiger partial charge is 0.273 e. The first-order valence-corrected chi connectivity index (χ1v) is 7.17. The minimum absolute atomic E-state index is 0.0207. The lowest BCUT2D eigenvalue weighted by atomic mass is 9.91.